The first kappa shape index (κ1) is 41.4. The van der Waals surface area contributed by atoms with Crippen molar-refractivity contribution in [3.05, 3.63) is 114 Å². The maximum Gasteiger partial charge on any atom is 0.414 e. The van der Waals surface area contributed by atoms with Gasteiger partial charge in [0.1, 0.15) is 0 Å². The Hall–Kier alpha value is -3.38. The van der Waals surface area contributed by atoms with Crippen LogP contribution < -0.4 is 0 Å². The summed E-state index contributed by atoms with van der Waals surface area (Å²) in [5.74, 6) is -0.474. The fourth-order valence-electron chi connectivity index (χ4n) is 10.0. The van der Waals surface area contributed by atoms with Gasteiger partial charge in [0.25, 0.3) is 0 Å². The molecule has 0 spiro atoms. The smallest absolute Gasteiger partial charge is 0.414 e. The van der Waals surface area contributed by atoms with Crippen molar-refractivity contribution < 1.29 is 19.8 Å². The molecule has 58 heavy (non-hydrogen) atoms. The van der Waals surface area contributed by atoms with Crippen molar-refractivity contribution in [1.82, 2.24) is 9.80 Å². The van der Waals surface area contributed by atoms with E-state index in [1.54, 1.807) is 32.0 Å². The van der Waals surface area contributed by atoms with Crippen molar-refractivity contribution in [2.75, 3.05) is 39.3 Å². The molecule has 2 saturated heterocycles. The molecule has 6 aromatic rings. The van der Waals surface area contributed by atoms with Crippen molar-refractivity contribution in [2.24, 2.45) is 0 Å². The van der Waals surface area contributed by atoms with E-state index >= 15 is 0 Å². The third-order valence-corrected chi connectivity index (χ3v) is 17.2. The minimum absolute atomic E-state index is 0.764. The van der Waals surface area contributed by atoms with Gasteiger partial charge in [-0.25, -0.2) is 9.59 Å². The minimum atomic E-state index is -1.82. The van der Waals surface area contributed by atoms with Crippen molar-refractivity contribution in [1.29, 1.82) is 0 Å². The van der Waals surface area contributed by atoms with Gasteiger partial charge in [0, 0.05) is 19.2 Å². The number of aliphatic carboxylic acids is 2. The highest BCUT2D eigenvalue weighted by molar-refractivity contribution is 7.17. The van der Waals surface area contributed by atoms with Crippen LogP contribution in [0.1, 0.15) is 120 Å². The van der Waals surface area contributed by atoms with E-state index in [1.807, 2.05) is 45.3 Å². The largest absolute Gasteiger partial charge is 0.473 e. The first-order valence-electron chi connectivity index (χ1n) is 21.4. The Labute approximate surface area is 359 Å². The Bertz CT molecular complexity index is 2090. The number of carboxylic acid groups (broad SMARTS) is 2. The lowest BCUT2D eigenvalue weighted by molar-refractivity contribution is -0.159. The zero-order valence-electron chi connectivity index (χ0n) is 33.4. The number of nitrogens with zero attached hydrogens (tertiary/aromatic N) is 2. The molecule has 2 aliphatic carbocycles. The lowest BCUT2D eigenvalue weighted by atomic mass is 9.85. The molecule has 6 heterocycles. The Kier molecular flexibility index (Phi) is 14.1. The zero-order valence-corrected chi connectivity index (χ0v) is 36.6. The number of hydrogen-bond donors (Lipinski definition) is 2. The molecule has 2 aliphatic heterocycles. The molecule has 0 bridgehead atoms. The number of carbonyl (C=O) groups is 2. The van der Waals surface area contributed by atoms with Gasteiger partial charge < -0.3 is 20.0 Å². The Balaban J connectivity index is 0.000000142. The monoisotopic (exact) mass is 852 g/mol. The fourth-order valence-corrected chi connectivity index (χ4v) is 14.1. The predicted molar refractivity (Wildman–Crippen MR) is 245 cm³/mol. The van der Waals surface area contributed by atoms with Crippen LogP contribution in [0.4, 0.5) is 0 Å². The maximum absolute atomic E-state index is 9.10. The lowest BCUT2D eigenvalue weighted by Gasteiger charge is -2.33. The molecule has 0 amide bonds. The van der Waals surface area contributed by atoms with Crippen LogP contribution in [0.2, 0.25) is 0 Å². The van der Waals surface area contributed by atoms with Gasteiger partial charge in [0.15, 0.2) is 0 Å². The van der Waals surface area contributed by atoms with Gasteiger partial charge in [0.2, 0.25) is 0 Å². The number of aryl methyl sites for hydroxylation is 2. The van der Waals surface area contributed by atoms with Crippen molar-refractivity contribution in [3.63, 3.8) is 0 Å². The molecule has 2 fully saturated rings. The summed E-state index contributed by atoms with van der Waals surface area (Å²) in [4.78, 5) is 27.0. The average molecular weight is 853 g/mol. The molecule has 0 radical (unpaired) electrons. The van der Waals surface area contributed by atoms with Crippen LogP contribution in [0.15, 0.2) is 82.2 Å². The molecule has 4 aromatic heterocycles. The first-order valence-corrected chi connectivity index (χ1v) is 24.9. The van der Waals surface area contributed by atoms with Crippen molar-refractivity contribution in [2.45, 2.75) is 101 Å². The zero-order chi connectivity index (χ0) is 39.8. The highest BCUT2D eigenvalue weighted by Crippen LogP contribution is 2.41. The van der Waals surface area contributed by atoms with Crippen LogP contribution in [-0.4, -0.2) is 71.2 Å². The summed E-state index contributed by atoms with van der Waals surface area (Å²) < 4.78 is 2.91. The van der Waals surface area contributed by atoms with Crippen LogP contribution in [0.3, 0.4) is 0 Å². The van der Waals surface area contributed by atoms with Gasteiger partial charge in [-0.1, -0.05) is 36.4 Å². The molecule has 2 aromatic carbocycles. The van der Waals surface area contributed by atoms with E-state index in [1.165, 1.54) is 136 Å². The first-order chi connectivity index (χ1) is 28.4. The van der Waals surface area contributed by atoms with Crippen LogP contribution in [0.25, 0.3) is 20.2 Å². The van der Waals surface area contributed by atoms with E-state index in [-0.39, 0.29) is 0 Å². The summed E-state index contributed by atoms with van der Waals surface area (Å²) in [5, 5.41) is 27.2. The highest BCUT2D eigenvalue weighted by atomic mass is 32.1. The molecule has 10 heteroatoms. The number of hydrogen-bond acceptors (Lipinski definition) is 8. The number of piperidine rings is 2. The molecule has 10 rings (SSSR count). The molecule has 2 unspecified atom stereocenters. The Morgan fingerprint density at radius 2 is 0.948 bits per heavy atom. The van der Waals surface area contributed by atoms with Crippen LogP contribution >= 0.6 is 45.3 Å². The maximum atomic E-state index is 9.10. The minimum Gasteiger partial charge on any atom is -0.473 e. The van der Waals surface area contributed by atoms with E-state index in [0.29, 0.717) is 0 Å². The molecule has 2 atom stereocenters. The standard InChI is InChI=1S/2C23H27NS2.C2H2O4/c2*1-2-6-23-20(5-1)21(16-26-23)18-9-13-24(14-10-18)12-8-17-4-3-7-22-19(17)11-15-25-22;3-1(4)2(5)6/h2*1-2,5-6,11,15-18H,3-4,7-10,12-14H2;(H,3,4)(H,5,6). The Morgan fingerprint density at radius 1 is 0.534 bits per heavy atom. The number of benzene rings is 2. The van der Waals surface area contributed by atoms with Gasteiger partial charge in [-0.2, -0.15) is 0 Å². The van der Waals surface area contributed by atoms with Crippen LogP contribution in [-0.2, 0) is 22.4 Å². The molecule has 6 nitrogen and oxygen atoms in total. The second-order valence-electron chi connectivity index (χ2n) is 16.6. The van der Waals surface area contributed by atoms with Gasteiger partial charge in [-0.3, -0.25) is 0 Å². The SMILES string of the molecule is O=C(O)C(=O)O.c1ccc2c(C3CCN(CCC4CCCc5sccc54)CC3)csc2c1.c1ccc2c(C3CCN(CCC4CCCc5sccc54)CC3)csc2c1. The number of carboxylic acids is 2. The average Bonchev–Trinajstić information content (AvgIpc) is 4.10. The van der Waals surface area contributed by atoms with E-state index in [4.69, 9.17) is 19.8 Å². The molecular formula is C48H56N2O4S4. The second-order valence-corrected chi connectivity index (χ2v) is 20.4. The molecule has 306 valence electrons. The molecule has 2 N–H and O–H groups in total. The quantitative estimate of drug-likeness (QED) is 0.148. The summed E-state index contributed by atoms with van der Waals surface area (Å²) in [6, 6.07) is 22.7. The van der Waals surface area contributed by atoms with E-state index in [9.17, 15) is 0 Å². The van der Waals surface area contributed by atoms with Gasteiger partial charge in [0.05, 0.1) is 0 Å². The summed E-state index contributed by atoms with van der Waals surface area (Å²) in [7, 11) is 0. The van der Waals surface area contributed by atoms with Gasteiger partial charge in [-0.15, -0.1) is 45.3 Å². The number of rotatable bonds is 8. The summed E-state index contributed by atoms with van der Waals surface area (Å²) in [5.41, 5.74) is 6.59. The van der Waals surface area contributed by atoms with Crippen LogP contribution in [0.5, 0.6) is 0 Å². The third kappa shape index (κ3) is 9.96. The van der Waals surface area contributed by atoms with Gasteiger partial charge >= 0.3 is 11.9 Å². The third-order valence-electron chi connectivity index (χ3n) is 13.2. The fraction of sp³-hybridized carbons (Fsp3) is 0.458. The molecule has 0 saturated carbocycles. The van der Waals surface area contributed by atoms with E-state index in [0.717, 1.165) is 23.7 Å². The summed E-state index contributed by atoms with van der Waals surface area (Å²) in [6.45, 7) is 7.68. The van der Waals surface area contributed by atoms with Crippen molar-refractivity contribution >= 4 is 77.5 Å². The predicted octanol–water partition coefficient (Wildman–Crippen LogP) is 12.5. The van der Waals surface area contributed by atoms with Crippen molar-refractivity contribution in [3.8, 4) is 0 Å². The molecular weight excluding hydrogens is 797 g/mol. The topological polar surface area (TPSA) is 81.1 Å². The Morgan fingerprint density at radius 3 is 1.36 bits per heavy atom. The summed E-state index contributed by atoms with van der Waals surface area (Å²) in [6.07, 6.45) is 16.3. The van der Waals surface area contributed by atoms with Crippen LogP contribution in [0, 0.1) is 0 Å². The molecule has 4 aliphatic rings. The second kappa shape index (κ2) is 19.8. The summed E-state index contributed by atoms with van der Waals surface area (Å²) >= 11 is 7.79. The normalized spacial score (nSPS) is 20.4. The lowest BCUT2D eigenvalue weighted by Crippen LogP contribution is -2.34. The number of thiophene rings is 4. The number of fused-ring (bicyclic) bond motifs is 4. The van der Waals surface area contributed by atoms with Gasteiger partial charge in [-0.05, 0) is 219 Å². The number of likely N-dealkylation sites (tertiary alicyclic amines) is 2. The van der Waals surface area contributed by atoms with E-state index in [2.05, 4.69) is 92.0 Å². The van der Waals surface area contributed by atoms with E-state index < -0.39 is 11.9 Å². The highest BCUT2D eigenvalue weighted by Gasteiger charge is 2.27.